The van der Waals surface area contributed by atoms with Crippen LogP contribution in [0.15, 0.2) is 5.38 Å². The maximum Gasteiger partial charge on any atom is 0.348 e. The number of thiophene rings is 1. The molecule has 2 N–H and O–H groups in total. The highest BCUT2D eigenvalue weighted by atomic mass is 32.2. The molecule has 0 unspecified atom stereocenters. The van der Waals surface area contributed by atoms with E-state index in [1.165, 1.54) is 0 Å². The van der Waals surface area contributed by atoms with Gasteiger partial charge in [-0.2, -0.15) is 0 Å². The minimum Gasteiger partial charge on any atom is -0.477 e. The third kappa shape index (κ3) is 5.16. The van der Waals surface area contributed by atoms with Gasteiger partial charge in [-0.1, -0.05) is 20.8 Å². The second-order valence-electron chi connectivity index (χ2n) is 2.83. The van der Waals surface area contributed by atoms with Crippen LogP contribution in [0.3, 0.4) is 0 Å². The van der Waals surface area contributed by atoms with Crippen molar-refractivity contribution in [3.63, 3.8) is 0 Å². The Morgan fingerprint density at radius 2 is 2.22 bits per heavy atom. The molecule has 1 heterocycles. The summed E-state index contributed by atoms with van der Waals surface area (Å²) in [6.45, 7) is 6.59. The summed E-state index contributed by atoms with van der Waals surface area (Å²) in [4.78, 5) is 11.1. The highest BCUT2D eigenvalue weighted by Crippen LogP contribution is 2.36. The summed E-state index contributed by atoms with van der Waals surface area (Å²) in [7, 11) is 1.65. The third-order valence-electron chi connectivity index (χ3n) is 1.66. The maximum atomic E-state index is 10.8. The summed E-state index contributed by atoms with van der Waals surface area (Å²) < 4.78 is 10.3. The van der Waals surface area contributed by atoms with Gasteiger partial charge in [0, 0.05) is 12.4 Å². The molecule has 0 spiro atoms. The number of aromatic carboxylic acids is 1. The molecule has 1 rings (SSSR count). The minimum atomic E-state index is -0.969. The first kappa shape index (κ1) is 17.1. The van der Waals surface area contributed by atoms with Gasteiger partial charge in [-0.05, 0) is 6.42 Å². The number of carboxylic acids is 1. The SMILES string of the molecule is CC.CCCOSOc1csc(C(=O)O)c1NC. The fourth-order valence-corrected chi connectivity index (χ4v) is 2.34. The molecule has 0 amide bonds. The Balaban J connectivity index is 0.00000137. The number of carbonyl (C=O) groups is 1. The van der Waals surface area contributed by atoms with Crippen LogP contribution in [-0.2, 0) is 4.18 Å². The first-order chi connectivity index (χ1) is 8.70. The summed E-state index contributed by atoms with van der Waals surface area (Å²) in [5.74, 6) is -0.491. The van der Waals surface area contributed by atoms with Crippen LogP contribution < -0.4 is 9.50 Å². The zero-order chi connectivity index (χ0) is 14.0. The van der Waals surface area contributed by atoms with Crippen LogP contribution in [0.4, 0.5) is 5.69 Å². The van der Waals surface area contributed by atoms with Crippen molar-refractivity contribution in [2.24, 2.45) is 0 Å². The van der Waals surface area contributed by atoms with Crippen molar-refractivity contribution in [3.05, 3.63) is 10.3 Å². The van der Waals surface area contributed by atoms with E-state index in [1.807, 2.05) is 20.8 Å². The van der Waals surface area contributed by atoms with Crippen molar-refractivity contribution in [1.82, 2.24) is 0 Å². The van der Waals surface area contributed by atoms with Gasteiger partial charge in [0.2, 0.25) is 12.3 Å². The van der Waals surface area contributed by atoms with Crippen LogP contribution in [0, 0.1) is 0 Å². The Hall–Kier alpha value is -0.920. The first-order valence-electron chi connectivity index (χ1n) is 5.69. The molecule has 104 valence electrons. The van der Waals surface area contributed by atoms with E-state index in [1.54, 1.807) is 12.4 Å². The molecule has 0 fully saturated rings. The monoisotopic (exact) mass is 293 g/mol. The molecule has 0 aromatic carbocycles. The number of hydrogen-bond donors (Lipinski definition) is 2. The topological polar surface area (TPSA) is 67.8 Å². The highest BCUT2D eigenvalue weighted by Gasteiger charge is 2.17. The van der Waals surface area contributed by atoms with Crippen LogP contribution in [-0.4, -0.2) is 24.7 Å². The molecular formula is C11H19NO4S2. The van der Waals surface area contributed by atoms with E-state index >= 15 is 0 Å². The molecule has 0 atom stereocenters. The Morgan fingerprint density at radius 1 is 1.56 bits per heavy atom. The van der Waals surface area contributed by atoms with Crippen LogP contribution >= 0.6 is 23.7 Å². The van der Waals surface area contributed by atoms with Gasteiger partial charge in [-0.3, -0.25) is 4.18 Å². The summed E-state index contributed by atoms with van der Waals surface area (Å²) in [6, 6.07) is 0. The maximum absolute atomic E-state index is 10.8. The Bertz CT molecular complexity index is 355. The Labute approximate surface area is 116 Å². The number of carboxylic acid groups (broad SMARTS) is 1. The summed E-state index contributed by atoms with van der Waals surface area (Å²) in [6.07, 6.45) is 0.902. The predicted octanol–water partition coefficient (Wildman–Crippen LogP) is 3.88. The Kier molecular flexibility index (Phi) is 9.53. The standard InChI is InChI=1S/C9H13NO4S2.C2H6/c1-3-4-13-16-14-6-5-15-8(9(11)12)7(6)10-2;1-2/h5,10H,3-4H2,1-2H3,(H,11,12);1-2H3. The molecule has 0 saturated heterocycles. The zero-order valence-corrected chi connectivity index (χ0v) is 12.6. The fourth-order valence-electron chi connectivity index (χ4n) is 0.976. The van der Waals surface area contributed by atoms with E-state index in [9.17, 15) is 4.79 Å². The molecule has 0 aliphatic rings. The van der Waals surface area contributed by atoms with E-state index in [2.05, 4.69) is 5.32 Å². The van der Waals surface area contributed by atoms with Crippen molar-refractivity contribution in [3.8, 4) is 5.75 Å². The lowest BCUT2D eigenvalue weighted by Crippen LogP contribution is -1.99. The molecule has 1 aromatic rings. The largest absolute Gasteiger partial charge is 0.477 e. The van der Waals surface area contributed by atoms with E-state index in [0.717, 1.165) is 30.1 Å². The van der Waals surface area contributed by atoms with Gasteiger partial charge in [-0.15, -0.1) is 11.3 Å². The van der Waals surface area contributed by atoms with Gasteiger partial charge >= 0.3 is 5.97 Å². The highest BCUT2D eigenvalue weighted by molar-refractivity contribution is 7.90. The van der Waals surface area contributed by atoms with E-state index in [0.29, 0.717) is 18.0 Å². The molecule has 18 heavy (non-hydrogen) atoms. The van der Waals surface area contributed by atoms with Gasteiger partial charge in [0.1, 0.15) is 10.6 Å². The smallest absolute Gasteiger partial charge is 0.348 e. The van der Waals surface area contributed by atoms with Crippen LogP contribution in [0.5, 0.6) is 5.75 Å². The minimum absolute atomic E-state index is 0.230. The molecule has 0 aliphatic heterocycles. The van der Waals surface area contributed by atoms with Gasteiger partial charge in [0.05, 0.1) is 6.61 Å². The second-order valence-corrected chi connectivity index (χ2v) is 4.25. The molecular weight excluding hydrogens is 274 g/mol. The van der Waals surface area contributed by atoms with Crippen LogP contribution in [0.25, 0.3) is 0 Å². The van der Waals surface area contributed by atoms with Gasteiger partial charge in [0.25, 0.3) is 0 Å². The molecule has 0 bridgehead atoms. The fraction of sp³-hybridized carbons (Fsp3) is 0.545. The molecule has 7 heteroatoms. The van der Waals surface area contributed by atoms with Crippen molar-refractivity contribution in [1.29, 1.82) is 0 Å². The van der Waals surface area contributed by atoms with E-state index < -0.39 is 5.97 Å². The lowest BCUT2D eigenvalue weighted by molar-refractivity contribution is 0.0703. The quantitative estimate of drug-likeness (QED) is 0.587. The van der Waals surface area contributed by atoms with E-state index in [-0.39, 0.29) is 4.88 Å². The average Bonchev–Trinajstić information content (AvgIpc) is 2.80. The third-order valence-corrected chi connectivity index (χ3v) is 3.12. The van der Waals surface area contributed by atoms with Crippen molar-refractivity contribution in [2.75, 3.05) is 19.0 Å². The average molecular weight is 293 g/mol. The lowest BCUT2D eigenvalue weighted by Gasteiger charge is -2.04. The normalized spacial score (nSPS) is 9.33. The number of nitrogens with one attached hydrogen (secondary N) is 1. The number of rotatable bonds is 7. The number of hydrogen-bond acceptors (Lipinski definition) is 6. The predicted molar refractivity (Wildman–Crippen MR) is 76.6 cm³/mol. The van der Waals surface area contributed by atoms with Crippen LogP contribution in [0.1, 0.15) is 36.9 Å². The molecule has 1 aromatic heterocycles. The lowest BCUT2D eigenvalue weighted by atomic mass is 10.4. The number of anilines is 1. The van der Waals surface area contributed by atoms with Crippen molar-refractivity contribution < 1.29 is 18.3 Å². The summed E-state index contributed by atoms with van der Waals surface area (Å²) in [5.41, 5.74) is 0.477. The Morgan fingerprint density at radius 3 is 2.72 bits per heavy atom. The van der Waals surface area contributed by atoms with E-state index in [4.69, 9.17) is 13.5 Å². The van der Waals surface area contributed by atoms with Crippen molar-refractivity contribution >= 4 is 35.3 Å². The molecule has 0 aliphatic carbocycles. The summed E-state index contributed by atoms with van der Waals surface area (Å²) in [5, 5.41) is 13.3. The summed E-state index contributed by atoms with van der Waals surface area (Å²) >= 11 is 1.98. The van der Waals surface area contributed by atoms with Crippen LogP contribution in [0.2, 0.25) is 0 Å². The van der Waals surface area contributed by atoms with Gasteiger partial charge in [-0.25, -0.2) is 4.79 Å². The first-order valence-corrected chi connectivity index (χ1v) is 7.24. The molecule has 0 saturated carbocycles. The van der Waals surface area contributed by atoms with Gasteiger partial charge < -0.3 is 14.6 Å². The van der Waals surface area contributed by atoms with Gasteiger partial charge in [0.15, 0.2) is 5.75 Å². The second kappa shape index (κ2) is 10.0. The zero-order valence-electron chi connectivity index (χ0n) is 11.0. The molecule has 0 radical (unpaired) electrons. The molecule has 5 nitrogen and oxygen atoms in total. The van der Waals surface area contributed by atoms with Crippen molar-refractivity contribution in [2.45, 2.75) is 27.2 Å².